The van der Waals surface area contributed by atoms with Crippen molar-refractivity contribution in [3.8, 4) is 0 Å². The summed E-state index contributed by atoms with van der Waals surface area (Å²) >= 11 is 1.12. The van der Waals surface area contributed by atoms with Gasteiger partial charge in [0.15, 0.2) is 15.7 Å². The van der Waals surface area contributed by atoms with Crippen LogP contribution in [-0.4, -0.2) is 24.6 Å². The Morgan fingerprint density at radius 2 is 1.84 bits per heavy atom. The van der Waals surface area contributed by atoms with Gasteiger partial charge in [0.2, 0.25) is 0 Å². The van der Waals surface area contributed by atoms with Gasteiger partial charge in [-0.2, -0.15) is 4.37 Å². The van der Waals surface area contributed by atoms with E-state index in [1.165, 1.54) is 0 Å². The highest BCUT2D eigenvalue weighted by Crippen LogP contribution is 2.64. The molecule has 0 aromatic carbocycles. The number of aromatic nitrogens is 1. The second kappa shape index (κ2) is 4.09. The predicted molar refractivity (Wildman–Crippen MR) is 79.2 cm³/mol. The number of hydrogen-bond donors (Lipinski definition) is 2. The summed E-state index contributed by atoms with van der Waals surface area (Å²) in [7, 11) is -3.35. The lowest BCUT2D eigenvalue weighted by Gasteiger charge is -2.08. The van der Waals surface area contributed by atoms with Crippen LogP contribution in [0.5, 0.6) is 0 Å². The number of nitrogens with zero attached hydrogens (tertiary/aromatic N) is 1. The largest absolute Gasteiger partial charge is 0.382 e. The van der Waals surface area contributed by atoms with Crippen LogP contribution in [-0.2, 0) is 9.84 Å². The van der Waals surface area contributed by atoms with Crippen LogP contribution in [0.15, 0.2) is 4.90 Å². The molecule has 1 fully saturated rings. The average Bonchev–Trinajstić information content (AvgIpc) is 2.64. The standard InChI is InChI=1S/C12H21N3O2S2/c1-6-19(16,17)7-8(13)15-18-9(7)14-10-11(2,3)12(10,4)5/h10,14H,6H2,1-5H3,(H2,13,15). The lowest BCUT2D eigenvalue weighted by molar-refractivity contribution is 0.457. The van der Waals surface area contributed by atoms with Crippen molar-refractivity contribution >= 4 is 32.2 Å². The van der Waals surface area contributed by atoms with E-state index in [4.69, 9.17) is 5.73 Å². The maximum absolute atomic E-state index is 12.1. The van der Waals surface area contributed by atoms with Crippen LogP contribution >= 0.6 is 11.5 Å². The Morgan fingerprint density at radius 1 is 1.32 bits per heavy atom. The van der Waals surface area contributed by atoms with Gasteiger partial charge in [0.1, 0.15) is 9.90 Å². The third kappa shape index (κ3) is 2.03. The van der Waals surface area contributed by atoms with Crippen LogP contribution in [0.3, 0.4) is 0 Å². The van der Waals surface area contributed by atoms with Crippen LogP contribution in [0.25, 0.3) is 0 Å². The highest BCUT2D eigenvalue weighted by Gasteiger charge is 2.65. The van der Waals surface area contributed by atoms with Gasteiger partial charge < -0.3 is 11.1 Å². The monoisotopic (exact) mass is 303 g/mol. The topological polar surface area (TPSA) is 85.1 Å². The van der Waals surface area contributed by atoms with Gasteiger partial charge in [-0.15, -0.1) is 0 Å². The maximum atomic E-state index is 12.1. The number of nitrogen functional groups attached to an aromatic ring is 1. The predicted octanol–water partition coefficient (Wildman–Crippen LogP) is 2.37. The SMILES string of the molecule is CCS(=O)(=O)c1c(N)nsc1NC1C(C)(C)C1(C)C. The van der Waals surface area contributed by atoms with Crippen molar-refractivity contribution in [1.82, 2.24) is 4.37 Å². The van der Waals surface area contributed by atoms with E-state index in [1.807, 2.05) is 0 Å². The molecule has 7 heteroatoms. The van der Waals surface area contributed by atoms with Crippen molar-refractivity contribution in [3.63, 3.8) is 0 Å². The quantitative estimate of drug-likeness (QED) is 0.892. The lowest BCUT2D eigenvalue weighted by Crippen LogP contribution is -2.13. The molecule has 1 aliphatic carbocycles. The van der Waals surface area contributed by atoms with Crippen molar-refractivity contribution in [2.75, 3.05) is 16.8 Å². The summed E-state index contributed by atoms with van der Waals surface area (Å²) in [5.74, 6) is 0.132. The molecule has 0 unspecified atom stereocenters. The normalized spacial score (nSPS) is 21.3. The third-order valence-corrected chi connectivity index (χ3v) is 7.38. The summed E-state index contributed by atoms with van der Waals surface area (Å²) < 4.78 is 28.1. The first kappa shape index (κ1) is 14.6. The van der Waals surface area contributed by atoms with Gasteiger partial charge in [0.05, 0.1) is 5.75 Å². The van der Waals surface area contributed by atoms with Crippen molar-refractivity contribution < 1.29 is 8.42 Å². The van der Waals surface area contributed by atoms with E-state index in [0.717, 1.165) is 11.5 Å². The number of nitrogens with two attached hydrogens (primary N) is 1. The Kier molecular flexibility index (Phi) is 3.14. The molecule has 0 saturated heterocycles. The Balaban J connectivity index is 2.35. The maximum Gasteiger partial charge on any atom is 0.184 e. The fourth-order valence-electron chi connectivity index (χ4n) is 2.52. The summed E-state index contributed by atoms with van der Waals surface area (Å²) in [6.07, 6.45) is 0. The molecule has 3 N–H and O–H groups in total. The van der Waals surface area contributed by atoms with Crippen LogP contribution in [0, 0.1) is 10.8 Å². The van der Waals surface area contributed by atoms with Crippen LogP contribution < -0.4 is 11.1 Å². The molecule has 1 aromatic heterocycles. The first-order chi connectivity index (χ1) is 8.55. The van der Waals surface area contributed by atoms with Crippen LogP contribution in [0.2, 0.25) is 0 Å². The van der Waals surface area contributed by atoms with Crippen molar-refractivity contribution in [2.45, 2.75) is 45.6 Å². The zero-order chi connectivity index (χ0) is 14.6. The molecule has 1 heterocycles. The molecule has 0 atom stereocenters. The fourth-order valence-corrected chi connectivity index (χ4v) is 4.70. The summed E-state index contributed by atoms with van der Waals surface area (Å²) in [4.78, 5) is 0.165. The minimum Gasteiger partial charge on any atom is -0.382 e. The van der Waals surface area contributed by atoms with E-state index in [-0.39, 0.29) is 33.3 Å². The van der Waals surface area contributed by atoms with Crippen molar-refractivity contribution in [1.29, 1.82) is 0 Å². The molecular weight excluding hydrogens is 282 g/mol. The Morgan fingerprint density at radius 3 is 2.26 bits per heavy atom. The van der Waals surface area contributed by atoms with Gasteiger partial charge in [-0.05, 0) is 22.4 Å². The van der Waals surface area contributed by atoms with Gasteiger partial charge in [-0.3, -0.25) is 0 Å². The Bertz CT molecular complexity index is 588. The molecule has 0 spiro atoms. The number of anilines is 2. The second-order valence-corrected chi connectivity index (χ2v) is 9.14. The van der Waals surface area contributed by atoms with E-state index >= 15 is 0 Å². The van der Waals surface area contributed by atoms with E-state index in [0.29, 0.717) is 5.00 Å². The van der Waals surface area contributed by atoms with Gasteiger partial charge in [-0.1, -0.05) is 34.6 Å². The number of nitrogens with one attached hydrogen (secondary N) is 1. The molecular formula is C12H21N3O2S2. The highest BCUT2D eigenvalue weighted by atomic mass is 32.2. The Labute approximate surface area is 118 Å². The molecule has 0 amide bonds. The van der Waals surface area contributed by atoms with E-state index < -0.39 is 9.84 Å². The van der Waals surface area contributed by atoms with Gasteiger partial charge in [0, 0.05) is 6.04 Å². The Hall–Kier alpha value is -0.820. The zero-order valence-corrected chi connectivity index (χ0v) is 13.6. The first-order valence-electron chi connectivity index (χ1n) is 6.30. The fraction of sp³-hybridized carbons (Fsp3) is 0.750. The molecule has 1 saturated carbocycles. The zero-order valence-electron chi connectivity index (χ0n) is 11.9. The van der Waals surface area contributed by atoms with Gasteiger partial charge in [-0.25, -0.2) is 8.42 Å². The highest BCUT2D eigenvalue weighted by molar-refractivity contribution is 7.91. The molecule has 0 aliphatic heterocycles. The lowest BCUT2D eigenvalue weighted by atomic mass is 10.0. The van der Waals surface area contributed by atoms with Crippen LogP contribution in [0.1, 0.15) is 34.6 Å². The number of hydrogen-bond acceptors (Lipinski definition) is 6. The molecule has 0 bridgehead atoms. The van der Waals surface area contributed by atoms with E-state index in [2.05, 4.69) is 37.4 Å². The minimum absolute atomic E-state index is 0.0295. The van der Waals surface area contributed by atoms with Crippen molar-refractivity contribution in [2.24, 2.45) is 10.8 Å². The van der Waals surface area contributed by atoms with Crippen LogP contribution in [0.4, 0.5) is 10.8 Å². The molecule has 1 aliphatic rings. The molecule has 19 heavy (non-hydrogen) atoms. The smallest absolute Gasteiger partial charge is 0.184 e. The van der Waals surface area contributed by atoms with E-state index in [1.54, 1.807) is 6.92 Å². The summed E-state index contributed by atoms with van der Waals surface area (Å²) in [6.45, 7) is 10.3. The molecule has 108 valence electrons. The molecule has 0 radical (unpaired) electrons. The second-order valence-electron chi connectivity index (χ2n) is 6.15. The summed E-state index contributed by atoms with van der Waals surface area (Å²) in [6, 6.07) is 0.227. The molecule has 5 nitrogen and oxygen atoms in total. The number of rotatable bonds is 4. The summed E-state index contributed by atoms with van der Waals surface area (Å²) in [5.41, 5.74) is 5.96. The van der Waals surface area contributed by atoms with Gasteiger partial charge in [0.25, 0.3) is 0 Å². The summed E-state index contributed by atoms with van der Waals surface area (Å²) in [5, 5.41) is 3.90. The molecule has 1 aromatic rings. The average molecular weight is 303 g/mol. The minimum atomic E-state index is -3.35. The number of sulfone groups is 1. The molecule has 2 rings (SSSR count). The first-order valence-corrected chi connectivity index (χ1v) is 8.72. The van der Waals surface area contributed by atoms with Crippen molar-refractivity contribution in [3.05, 3.63) is 0 Å². The van der Waals surface area contributed by atoms with E-state index in [9.17, 15) is 8.42 Å². The third-order valence-electron chi connectivity index (χ3n) is 4.66. The van der Waals surface area contributed by atoms with Gasteiger partial charge >= 0.3 is 0 Å².